The molecule has 1 aromatic rings. The molecule has 240 valence electrons. The van der Waals surface area contributed by atoms with Gasteiger partial charge in [-0.05, 0) is 25.5 Å². The van der Waals surface area contributed by atoms with Crippen molar-refractivity contribution in [1.82, 2.24) is 15.6 Å². The number of carbonyl (C=O) groups is 3. The maximum Gasteiger partial charge on any atom is 0.410 e. The molecule has 1 heterocycles. The zero-order chi connectivity index (χ0) is 30.8. The lowest BCUT2D eigenvalue weighted by atomic mass is 10.0. The lowest BCUT2D eigenvalue weighted by Crippen LogP contribution is -2.44. The average molecular weight is 594 g/mol. The third-order valence-corrected chi connectivity index (χ3v) is 7.17. The second-order valence-electron chi connectivity index (χ2n) is 10.7. The smallest absolute Gasteiger partial charge is 0.410 e. The number of hydrogen-bond donors (Lipinski definition) is 2. The van der Waals surface area contributed by atoms with Gasteiger partial charge in [-0.3, -0.25) is 4.98 Å². The summed E-state index contributed by atoms with van der Waals surface area (Å²) < 4.78 is 21.1. The normalized spacial score (nSPS) is 13.0. The zero-order valence-corrected chi connectivity index (χ0v) is 26.4. The van der Waals surface area contributed by atoms with E-state index in [-0.39, 0.29) is 31.7 Å². The quantitative estimate of drug-likeness (QED) is 0.0726. The van der Waals surface area contributed by atoms with Crippen LogP contribution in [0.4, 0.5) is 9.59 Å². The van der Waals surface area contributed by atoms with Crippen molar-refractivity contribution in [3.63, 3.8) is 0 Å². The largest absolute Gasteiger partial charge is 0.460 e. The molecule has 0 radical (unpaired) electrons. The van der Waals surface area contributed by atoms with E-state index in [1.807, 2.05) is 6.92 Å². The molecule has 10 nitrogen and oxygen atoms in total. The first kappa shape index (κ1) is 37.1. The number of ether oxygens (including phenoxy) is 4. The van der Waals surface area contributed by atoms with Crippen LogP contribution < -0.4 is 10.6 Å². The molecule has 42 heavy (non-hydrogen) atoms. The topological polar surface area (TPSA) is 125 Å². The predicted octanol–water partition coefficient (Wildman–Crippen LogP) is 7.31. The fourth-order valence-corrected chi connectivity index (χ4v) is 4.49. The van der Waals surface area contributed by atoms with Crippen molar-refractivity contribution in [3.8, 4) is 0 Å². The van der Waals surface area contributed by atoms with E-state index in [0.717, 1.165) is 19.3 Å². The summed E-state index contributed by atoms with van der Waals surface area (Å²) in [6.07, 6.45) is 18.0. The average Bonchev–Trinajstić information content (AvgIpc) is 3.00. The van der Waals surface area contributed by atoms with E-state index in [4.69, 9.17) is 18.9 Å². The molecule has 0 saturated heterocycles. The summed E-state index contributed by atoms with van der Waals surface area (Å²) in [4.78, 5) is 40.4. The second-order valence-corrected chi connectivity index (χ2v) is 10.7. The standard InChI is InChI=1S/C32H55N3O7/c1-5-7-8-9-10-11-12-13-14-15-16-17-18-21-28(26(3)39-4)35-32(38)42-29(6-2)41-31(37)34-23-24-40-30(36)27-20-19-22-33-25-27/h19-20,22,25-26,28-29H,5-18,21,23-24H2,1-4H3,(H,34,37)(H,35,38). The number of nitrogens with zero attached hydrogens (tertiary/aromatic N) is 1. The lowest BCUT2D eigenvalue weighted by molar-refractivity contribution is -0.0649. The van der Waals surface area contributed by atoms with Crippen molar-refractivity contribution in [3.05, 3.63) is 30.1 Å². The molecule has 0 aliphatic rings. The molecular formula is C32H55N3O7. The minimum atomic E-state index is -1.06. The number of aromatic nitrogens is 1. The molecule has 0 saturated carbocycles. The van der Waals surface area contributed by atoms with Gasteiger partial charge in [-0.15, -0.1) is 0 Å². The molecule has 0 aliphatic carbocycles. The highest BCUT2D eigenvalue weighted by Gasteiger charge is 2.23. The summed E-state index contributed by atoms with van der Waals surface area (Å²) >= 11 is 0. The summed E-state index contributed by atoms with van der Waals surface area (Å²) in [7, 11) is 1.62. The first-order chi connectivity index (χ1) is 20.4. The number of nitrogens with one attached hydrogen (secondary N) is 2. The molecule has 0 aliphatic heterocycles. The number of rotatable bonds is 24. The number of methoxy groups -OCH3 is 1. The third kappa shape index (κ3) is 18.5. The summed E-state index contributed by atoms with van der Waals surface area (Å²) in [5.74, 6) is -0.539. The van der Waals surface area contributed by atoms with Crippen molar-refractivity contribution in [1.29, 1.82) is 0 Å². The van der Waals surface area contributed by atoms with Gasteiger partial charge in [0, 0.05) is 25.9 Å². The molecule has 2 amide bonds. The number of pyridine rings is 1. The molecule has 0 fully saturated rings. The molecular weight excluding hydrogens is 538 g/mol. The van der Waals surface area contributed by atoms with E-state index < -0.39 is 24.4 Å². The monoisotopic (exact) mass is 593 g/mol. The number of esters is 1. The van der Waals surface area contributed by atoms with Crippen molar-refractivity contribution in [2.45, 2.75) is 136 Å². The number of unbranched alkanes of at least 4 members (excludes halogenated alkanes) is 12. The van der Waals surface area contributed by atoms with Gasteiger partial charge in [0.2, 0.25) is 0 Å². The third-order valence-electron chi connectivity index (χ3n) is 7.17. The van der Waals surface area contributed by atoms with Crippen LogP contribution in [0, 0.1) is 0 Å². The minimum Gasteiger partial charge on any atom is -0.460 e. The van der Waals surface area contributed by atoms with Crippen LogP contribution in [0.1, 0.15) is 127 Å². The zero-order valence-electron chi connectivity index (χ0n) is 26.4. The van der Waals surface area contributed by atoms with E-state index in [0.29, 0.717) is 5.56 Å². The summed E-state index contributed by atoms with van der Waals surface area (Å²) in [5, 5.41) is 5.35. The Hall–Kier alpha value is -2.88. The van der Waals surface area contributed by atoms with Gasteiger partial charge in [-0.1, -0.05) is 97.3 Å². The van der Waals surface area contributed by atoms with Crippen LogP contribution in [-0.2, 0) is 18.9 Å². The maximum atomic E-state index is 12.6. The number of carbonyl (C=O) groups excluding carboxylic acids is 3. The second kappa shape index (κ2) is 24.7. The van der Waals surface area contributed by atoms with Gasteiger partial charge in [0.15, 0.2) is 0 Å². The predicted molar refractivity (Wildman–Crippen MR) is 163 cm³/mol. The van der Waals surface area contributed by atoms with Gasteiger partial charge in [0.05, 0.1) is 24.3 Å². The number of alkyl carbamates (subject to hydrolysis) is 2. The maximum absolute atomic E-state index is 12.6. The molecule has 1 aromatic heterocycles. The van der Waals surface area contributed by atoms with Gasteiger partial charge in [-0.25, -0.2) is 14.4 Å². The van der Waals surface area contributed by atoms with E-state index in [9.17, 15) is 14.4 Å². The fraction of sp³-hybridized carbons (Fsp3) is 0.750. The molecule has 0 spiro atoms. The van der Waals surface area contributed by atoms with E-state index in [1.165, 1.54) is 76.8 Å². The number of hydrogen-bond acceptors (Lipinski definition) is 8. The van der Waals surface area contributed by atoms with E-state index in [1.54, 1.807) is 32.4 Å². The SMILES string of the molecule is CCCCCCCCCCCCCCCC(NC(=O)OC(CC)OC(=O)NCCOC(=O)c1cccnc1)C(C)OC. The fourth-order valence-electron chi connectivity index (χ4n) is 4.49. The van der Waals surface area contributed by atoms with Gasteiger partial charge in [-0.2, -0.15) is 0 Å². The first-order valence-electron chi connectivity index (χ1n) is 15.9. The Morgan fingerprint density at radius 3 is 2.00 bits per heavy atom. The summed E-state index contributed by atoms with van der Waals surface area (Å²) in [5.41, 5.74) is 0.320. The van der Waals surface area contributed by atoms with Crippen molar-refractivity contribution in [2.24, 2.45) is 0 Å². The molecule has 1 rings (SSSR count). The van der Waals surface area contributed by atoms with Crippen LogP contribution in [0.25, 0.3) is 0 Å². The van der Waals surface area contributed by atoms with Crippen molar-refractivity contribution >= 4 is 18.2 Å². The van der Waals surface area contributed by atoms with Gasteiger partial charge in [0.25, 0.3) is 6.29 Å². The first-order valence-corrected chi connectivity index (χ1v) is 15.9. The highest BCUT2D eigenvalue weighted by atomic mass is 16.7. The summed E-state index contributed by atoms with van der Waals surface area (Å²) in [6, 6.07) is 3.00. The van der Waals surface area contributed by atoms with Crippen LogP contribution >= 0.6 is 0 Å². The Kier molecular flexibility index (Phi) is 21.8. The molecule has 2 N–H and O–H groups in total. The van der Waals surface area contributed by atoms with Crippen LogP contribution in [0.5, 0.6) is 0 Å². The highest BCUT2D eigenvalue weighted by Crippen LogP contribution is 2.15. The highest BCUT2D eigenvalue weighted by molar-refractivity contribution is 5.88. The van der Waals surface area contributed by atoms with Gasteiger partial charge >= 0.3 is 18.2 Å². The van der Waals surface area contributed by atoms with Crippen molar-refractivity contribution < 1.29 is 33.3 Å². The van der Waals surface area contributed by atoms with Crippen LogP contribution in [0.15, 0.2) is 24.5 Å². The van der Waals surface area contributed by atoms with Crippen LogP contribution in [-0.4, -0.2) is 61.8 Å². The van der Waals surface area contributed by atoms with Crippen molar-refractivity contribution in [2.75, 3.05) is 20.3 Å². The molecule has 3 unspecified atom stereocenters. The minimum absolute atomic E-state index is 0.0417. The van der Waals surface area contributed by atoms with E-state index >= 15 is 0 Å². The van der Waals surface area contributed by atoms with Crippen LogP contribution in [0.2, 0.25) is 0 Å². The molecule has 0 aromatic carbocycles. The van der Waals surface area contributed by atoms with Gasteiger partial charge < -0.3 is 29.6 Å². The Morgan fingerprint density at radius 2 is 1.45 bits per heavy atom. The van der Waals surface area contributed by atoms with Crippen LogP contribution in [0.3, 0.4) is 0 Å². The molecule has 3 atom stereocenters. The van der Waals surface area contributed by atoms with E-state index in [2.05, 4.69) is 22.5 Å². The Labute approximate surface area is 253 Å². The lowest BCUT2D eigenvalue weighted by Gasteiger charge is -2.25. The summed E-state index contributed by atoms with van der Waals surface area (Å²) in [6.45, 7) is 5.90. The Bertz CT molecular complexity index is 841. The Balaban J connectivity index is 2.23. The van der Waals surface area contributed by atoms with Gasteiger partial charge in [0.1, 0.15) is 6.61 Å². The molecule has 0 bridgehead atoms. The molecule has 10 heteroatoms. The number of amides is 2. The Morgan fingerprint density at radius 1 is 0.857 bits per heavy atom.